The zero-order valence-corrected chi connectivity index (χ0v) is 13.3. The summed E-state index contributed by atoms with van der Waals surface area (Å²) in [6.07, 6.45) is 7.15. The number of carbonyl (C=O) groups excluding carboxylic acids is 1. The van der Waals surface area contributed by atoms with E-state index in [0.717, 1.165) is 48.0 Å². The van der Waals surface area contributed by atoms with Crippen LogP contribution in [0.3, 0.4) is 0 Å². The van der Waals surface area contributed by atoms with Gasteiger partial charge in [-0.1, -0.05) is 31.6 Å². The van der Waals surface area contributed by atoms with Crippen LogP contribution in [0, 0.1) is 5.92 Å². The first-order valence-electron chi connectivity index (χ1n) is 7.39. The van der Waals surface area contributed by atoms with Crippen molar-refractivity contribution in [3.05, 3.63) is 47.8 Å². The number of nitrogens with zero attached hydrogens (tertiary/aromatic N) is 1. The van der Waals surface area contributed by atoms with Gasteiger partial charge in [0.15, 0.2) is 0 Å². The molecule has 0 amide bonds. The van der Waals surface area contributed by atoms with Gasteiger partial charge < -0.3 is 4.74 Å². The third kappa shape index (κ3) is 5.27. The van der Waals surface area contributed by atoms with Crippen LogP contribution >= 0.6 is 0 Å². The van der Waals surface area contributed by atoms with Crippen molar-refractivity contribution in [1.29, 1.82) is 0 Å². The highest BCUT2D eigenvalue weighted by Gasteiger charge is 2.17. The quantitative estimate of drug-likeness (QED) is 0.393. The summed E-state index contributed by atoms with van der Waals surface area (Å²) in [5.74, 6) is 0.106. The summed E-state index contributed by atoms with van der Waals surface area (Å²) in [6, 6.07) is 4.07. The highest BCUT2D eigenvalue weighted by Crippen LogP contribution is 2.30. The molecule has 1 atom stereocenters. The number of ether oxygens (including phenoxy) is 1. The molecule has 21 heavy (non-hydrogen) atoms. The Kier molecular flexibility index (Phi) is 7.62. The van der Waals surface area contributed by atoms with Gasteiger partial charge in [-0.2, -0.15) is 0 Å². The lowest BCUT2D eigenvalue weighted by Crippen LogP contribution is -2.09. The topological polar surface area (TPSA) is 39.2 Å². The number of carbonyl (C=O) groups is 1. The second-order valence-electron chi connectivity index (χ2n) is 5.23. The molecule has 0 N–H and O–H groups in total. The number of pyridine rings is 1. The maximum absolute atomic E-state index is 11.0. The van der Waals surface area contributed by atoms with Gasteiger partial charge >= 0.3 is 0 Å². The fourth-order valence-electron chi connectivity index (χ4n) is 2.39. The van der Waals surface area contributed by atoms with Gasteiger partial charge in [0.1, 0.15) is 6.29 Å². The lowest BCUT2D eigenvalue weighted by molar-refractivity contribution is -0.104. The van der Waals surface area contributed by atoms with Crippen molar-refractivity contribution in [1.82, 2.24) is 4.98 Å². The smallest absolute Gasteiger partial charge is 0.143 e. The van der Waals surface area contributed by atoms with Gasteiger partial charge in [-0.3, -0.25) is 9.78 Å². The summed E-state index contributed by atoms with van der Waals surface area (Å²) in [4.78, 5) is 15.5. The summed E-state index contributed by atoms with van der Waals surface area (Å²) in [6.45, 7) is 8.80. The van der Waals surface area contributed by atoms with Crippen molar-refractivity contribution < 1.29 is 9.53 Å². The van der Waals surface area contributed by atoms with Crippen molar-refractivity contribution in [2.24, 2.45) is 5.92 Å². The molecular formula is C18H25NO2. The zero-order chi connectivity index (χ0) is 15.7. The van der Waals surface area contributed by atoms with Crippen molar-refractivity contribution in [3.63, 3.8) is 0 Å². The molecule has 0 fully saturated rings. The normalized spacial score (nSPS) is 13.0. The summed E-state index contributed by atoms with van der Waals surface area (Å²) >= 11 is 0. The molecule has 3 nitrogen and oxygen atoms in total. The Morgan fingerprint density at radius 1 is 1.48 bits per heavy atom. The molecule has 1 heterocycles. The third-order valence-electron chi connectivity index (χ3n) is 3.49. The van der Waals surface area contributed by atoms with Crippen LogP contribution in [0.1, 0.15) is 37.9 Å². The minimum Gasteiger partial charge on any atom is -0.385 e. The second kappa shape index (κ2) is 9.24. The number of aromatic nitrogens is 1. The largest absolute Gasteiger partial charge is 0.385 e. The van der Waals surface area contributed by atoms with Crippen LogP contribution in [0.2, 0.25) is 0 Å². The molecule has 0 radical (unpaired) electrons. The van der Waals surface area contributed by atoms with E-state index in [4.69, 9.17) is 4.74 Å². The van der Waals surface area contributed by atoms with Crippen molar-refractivity contribution in [2.45, 2.75) is 33.1 Å². The average molecular weight is 287 g/mol. The van der Waals surface area contributed by atoms with Crippen LogP contribution in [-0.2, 0) is 16.0 Å². The minimum absolute atomic E-state index is 0.106. The van der Waals surface area contributed by atoms with Crippen LogP contribution in [0.4, 0.5) is 0 Å². The van der Waals surface area contributed by atoms with E-state index >= 15 is 0 Å². The molecule has 3 heteroatoms. The van der Waals surface area contributed by atoms with Gasteiger partial charge in [0.05, 0.1) is 0 Å². The highest BCUT2D eigenvalue weighted by atomic mass is 16.5. The Morgan fingerprint density at radius 2 is 2.24 bits per heavy atom. The number of methoxy groups -OCH3 is 1. The Labute approximate surface area is 127 Å². The Morgan fingerprint density at radius 3 is 2.71 bits per heavy atom. The number of rotatable bonds is 9. The number of hydrogen-bond acceptors (Lipinski definition) is 3. The zero-order valence-electron chi connectivity index (χ0n) is 13.3. The molecule has 0 saturated heterocycles. The van der Waals surface area contributed by atoms with E-state index in [0.29, 0.717) is 6.61 Å². The van der Waals surface area contributed by atoms with Crippen LogP contribution < -0.4 is 0 Å². The highest BCUT2D eigenvalue weighted by molar-refractivity contribution is 5.83. The van der Waals surface area contributed by atoms with E-state index in [1.807, 2.05) is 25.3 Å². The molecule has 0 bridgehead atoms. The van der Waals surface area contributed by atoms with Crippen LogP contribution in [0.15, 0.2) is 36.6 Å². The first kappa shape index (κ1) is 17.3. The van der Waals surface area contributed by atoms with Gasteiger partial charge in [0, 0.05) is 31.5 Å². The molecule has 1 aromatic heterocycles. The molecule has 0 aliphatic heterocycles. The summed E-state index contributed by atoms with van der Waals surface area (Å²) in [7, 11) is 1.68. The van der Waals surface area contributed by atoms with E-state index in [9.17, 15) is 4.79 Å². The molecule has 1 rings (SSSR count). The van der Waals surface area contributed by atoms with Crippen LogP contribution in [0.5, 0.6) is 0 Å². The molecule has 0 saturated carbocycles. The minimum atomic E-state index is 0.106. The van der Waals surface area contributed by atoms with E-state index in [1.54, 1.807) is 13.2 Å². The van der Waals surface area contributed by atoms with Crippen LogP contribution in [-0.4, -0.2) is 25.0 Å². The molecule has 0 aliphatic carbocycles. The van der Waals surface area contributed by atoms with E-state index < -0.39 is 0 Å². The Hall–Kier alpha value is -1.74. The maximum atomic E-state index is 11.0. The van der Waals surface area contributed by atoms with Gasteiger partial charge in [-0.25, -0.2) is 0 Å². The number of aldehydes is 1. The predicted octanol–water partition coefficient (Wildman–Crippen LogP) is 3.85. The fourth-order valence-corrected chi connectivity index (χ4v) is 2.39. The summed E-state index contributed by atoms with van der Waals surface area (Å²) in [5.41, 5.74) is 4.05. The number of hydrogen-bond donors (Lipinski definition) is 0. The van der Waals surface area contributed by atoms with Crippen LogP contribution in [0.25, 0.3) is 5.57 Å². The SMILES string of the molecule is C=C(C)C(CCOC)/C(=C\C=O)c1ccc(CCC)nc1. The van der Waals surface area contributed by atoms with Gasteiger partial charge in [0.25, 0.3) is 0 Å². The third-order valence-corrected chi connectivity index (χ3v) is 3.49. The molecule has 114 valence electrons. The van der Waals surface area contributed by atoms with Crippen molar-refractivity contribution >= 4 is 11.9 Å². The van der Waals surface area contributed by atoms with Gasteiger partial charge in [0.2, 0.25) is 0 Å². The number of allylic oxidation sites excluding steroid dienone is 3. The van der Waals surface area contributed by atoms with Gasteiger partial charge in [-0.05, 0) is 43.0 Å². The molecule has 1 unspecified atom stereocenters. The monoisotopic (exact) mass is 287 g/mol. The number of aryl methyl sites for hydroxylation is 1. The predicted molar refractivity (Wildman–Crippen MR) is 87.1 cm³/mol. The second-order valence-corrected chi connectivity index (χ2v) is 5.23. The van der Waals surface area contributed by atoms with Gasteiger partial charge in [-0.15, -0.1) is 0 Å². The van der Waals surface area contributed by atoms with E-state index in [1.165, 1.54) is 0 Å². The summed E-state index contributed by atoms with van der Waals surface area (Å²) in [5, 5.41) is 0. The van der Waals surface area contributed by atoms with E-state index in [2.05, 4.69) is 18.5 Å². The Bertz CT molecular complexity index is 488. The fraction of sp³-hybridized carbons (Fsp3) is 0.444. The lowest BCUT2D eigenvalue weighted by atomic mass is 9.86. The average Bonchev–Trinajstić information content (AvgIpc) is 2.47. The molecule has 1 aromatic rings. The first-order valence-corrected chi connectivity index (χ1v) is 7.39. The molecule has 0 aliphatic rings. The summed E-state index contributed by atoms with van der Waals surface area (Å²) < 4.78 is 5.17. The molecular weight excluding hydrogens is 262 g/mol. The first-order chi connectivity index (χ1) is 10.1. The van der Waals surface area contributed by atoms with Crippen molar-refractivity contribution in [3.8, 4) is 0 Å². The maximum Gasteiger partial charge on any atom is 0.143 e. The lowest BCUT2D eigenvalue weighted by Gasteiger charge is -2.20. The standard InChI is InChI=1S/C18H25NO2/c1-5-6-16-8-7-15(13-19-16)18(9-11-20)17(14(2)3)10-12-21-4/h7-9,11,13,17H,2,5-6,10,12H2,1,3-4H3/b18-9-. The molecule has 0 aromatic carbocycles. The van der Waals surface area contributed by atoms with Crippen molar-refractivity contribution in [2.75, 3.05) is 13.7 Å². The Balaban J connectivity index is 3.06. The van der Waals surface area contributed by atoms with E-state index in [-0.39, 0.29) is 5.92 Å². The molecule has 0 spiro atoms.